The Morgan fingerprint density at radius 2 is 1.68 bits per heavy atom. The van der Waals surface area contributed by atoms with E-state index in [0.29, 0.717) is 0 Å². The minimum Gasteiger partial charge on any atom is -0.480 e. The molecule has 10 heteroatoms. The quantitative estimate of drug-likeness (QED) is 0.478. The zero-order chi connectivity index (χ0) is 24.1. The van der Waals surface area contributed by atoms with E-state index < -0.39 is 29.9 Å². The van der Waals surface area contributed by atoms with Gasteiger partial charge in [-0.2, -0.15) is 0 Å². The first-order chi connectivity index (χ1) is 16.5. The molecule has 10 nitrogen and oxygen atoms in total. The molecule has 2 aliphatic rings. The molecule has 1 unspecified atom stereocenters. The third kappa shape index (κ3) is 5.01. The number of carbonyl (C=O) groups is 4. The Hall–Kier alpha value is -3.92. The number of aliphatic carboxylic acids is 1. The summed E-state index contributed by atoms with van der Waals surface area (Å²) in [6.45, 7) is 0.556. The summed E-state index contributed by atoms with van der Waals surface area (Å²) < 4.78 is 10.8. The van der Waals surface area contributed by atoms with Gasteiger partial charge in [-0.1, -0.05) is 48.5 Å². The molecular weight excluding hydrogens is 442 g/mol. The highest BCUT2D eigenvalue weighted by atomic mass is 16.5. The Balaban J connectivity index is 1.15. The van der Waals surface area contributed by atoms with Gasteiger partial charge in [0.05, 0.1) is 26.1 Å². The molecule has 1 heterocycles. The number of nitrogens with zero attached hydrogens (tertiary/aromatic N) is 1. The van der Waals surface area contributed by atoms with E-state index in [1.165, 1.54) is 0 Å². The van der Waals surface area contributed by atoms with Crippen LogP contribution in [0.2, 0.25) is 0 Å². The van der Waals surface area contributed by atoms with Crippen LogP contribution < -0.4 is 10.7 Å². The summed E-state index contributed by atoms with van der Waals surface area (Å²) in [4.78, 5) is 46.7. The largest absolute Gasteiger partial charge is 0.480 e. The van der Waals surface area contributed by atoms with Crippen molar-refractivity contribution in [2.45, 2.75) is 24.8 Å². The molecule has 1 atom stereocenters. The lowest BCUT2D eigenvalue weighted by Gasteiger charge is -2.20. The Morgan fingerprint density at radius 1 is 1.03 bits per heavy atom. The van der Waals surface area contributed by atoms with Crippen molar-refractivity contribution in [3.05, 3.63) is 59.7 Å². The number of alkyl carbamates (subject to hydrolysis) is 1. The zero-order valence-electron chi connectivity index (χ0n) is 18.4. The molecule has 178 valence electrons. The number of fused-ring (bicyclic) bond motifs is 3. The van der Waals surface area contributed by atoms with Crippen LogP contribution in [0.15, 0.2) is 48.5 Å². The molecule has 0 saturated carbocycles. The summed E-state index contributed by atoms with van der Waals surface area (Å²) in [5.41, 5.74) is 6.80. The lowest BCUT2D eigenvalue weighted by molar-refractivity contribution is -0.150. The van der Waals surface area contributed by atoms with Crippen molar-refractivity contribution >= 4 is 23.9 Å². The second kappa shape index (κ2) is 10.3. The van der Waals surface area contributed by atoms with Crippen molar-refractivity contribution in [2.75, 3.05) is 26.4 Å². The average Bonchev–Trinajstić information content (AvgIpc) is 3.38. The van der Waals surface area contributed by atoms with Crippen molar-refractivity contribution in [1.29, 1.82) is 0 Å². The maximum atomic E-state index is 12.1. The fourth-order valence-electron chi connectivity index (χ4n) is 4.22. The Bertz CT molecular complexity index is 1060. The van der Waals surface area contributed by atoms with Gasteiger partial charge >= 0.3 is 12.1 Å². The molecule has 1 fully saturated rings. The number of benzene rings is 2. The molecule has 3 N–H and O–H groups in total. The van der Waals surface area contributed by atoms with E-state index in [-0.39, 0.29) is 45.1 Å². The van der Waals surface area contributed by atoms with Gasteiger partial charge in [0.1, 0.15) is 6.61 Å². The number of hydrogen-bond donors (Lipinski definition) is 3. The highest BCUT2D eigenvalue weighted by molar-refractivity contribution is 5.93. The predicted octanol–water partition coefficient (Wildman–Crippen LogP) is 1.65. The van der Waals surface area contributed by atoms with Crippen LogP contribution >= 0.6 is 0 Å². The molecule has 3 amide bonds. The van der Waals surface area contributed by atoms with Crippen LogP contribution in [0.3, 0.4) is 0 Å². The van der Waals surface area contributed by atoms with E-state index in [0.717, 1.165) is 27.3 Å². The van der Waals surface area contributed by atoms with Crippen molar-refractivity contribution in [2.24, 2.45) is 0 Å². The van der Waals surface area contributed by atoms with Gasteiger partial charge in [0, 0.05) is 12.5 Å². The van der Waals surface area contributed by atoms with Gasteiger partial charge in [-0.15, -0.1) is 0 Å². The molecule has 0 radical (unpaired) electrons. The van der Waals surface area contributed by atoms with Crippen LogP contribution in [-0.2, 0) is 23.9 Å². The maximum Gasteiger partial charge on any atom is 0.407 e. The fraction of sp³-hybridized carbons (Fsp3) is 0.333. The first-order valence-electron chi connectivity index (χ1n) is 11.0. The molecule has 2 aromatic carbocycles. The smallest absolute Gasteiger partial charge is 0.407 e. The summed E-state index contributed by atoms with van der Waals surface area (Å²) in [6.07, 6.45) is -0.938. The van der Waals surface area contributed by atoms with Crippen molar-refractivity contribution in [1.82, 2.24) is 15.8 Å². The normalized spacial score (nSPS) is 16.5. The van der Waals surface area contributed by atoms with Crippen LogP contribution in [-0.4, -0.2) is 66.4 Å². The molecule has 34 heavy (non-hydrogen) atoms. The van der Waals surface area contributed by atoms with Gasteiger partial charge in [0.2, 0.25) is 11.8 Å². The molecule has 0 aromatic heterocycles. The van der Waals surface area contributed by atoms with Crippen molar-refractivity contribution < 1.29 is 33.8 Å². The van der Waals surface area contributed by atoms with Crippen molar-refractivity contribution in [3.63, 3.8) is 0 Å². The van der Waals surface area contributed by atoms with Gasteiger partial charge in [-0.25, -0.2) is 14.6 Å². The molecule has 0 bridgehead atoms. The summed E-state index contributed by atoms with van der Waals surface area (Å²) in [5.74, 6) is -2.35. The van der Waals surface area contributed by atoms with E-state index in [9.17, 15) is 19.2 Å². The lowest BCUT2D eigenvalue weighted by atomic mass is 9.98. The summed E-state index contributed by atoms with van der Waals surface area (Å²) in [6, 6.07) is 14.9. The summed E-state index contributed by atoms with van der Waals surface area (Å²) in [5, 5.41) is 12.5. The molecule has 4 rings (SSSR count). The van der Waals surface area contributed by atoms with Crippen LogP contribution in [0.4, 0.5) is 4.79 Å². The summed E-state index contributed by atoms with van der Waals surface area (Å²) >= 11 is 0. The van der Waals surface area contributed by atoms with E-state index in [1.807, 2.05) is 36.4 Å². The van der Waals surface area contributed by atoms with E-state index in [2.05, 4.69) is 22.9 Å². The SMILES string of the molecule is O=C1CC(C(=O)O)N(C(=O)CCOCCNC(=O)OCC2c3ccccc3-c3ccccc32)N1. The summed E-state index contributed by atoms with van der Waals surface area (Å²) in [7, 11) is 0. The standard InChI is InChI=1S/C24H25N3O7/c28-21-13-20(23(30)31)27(26-21)22(29)9-11-33-12-10-25-24(32)34-14-19-17-7-3-1-5-15(17)16-6-2-4-8-18(16)19/h1-8,19-20H,9-14H2,(H,25,32)(H,26,28)(H,30,31). The van der Waals surface area contributed by atoms with Gasteiger partial charge in [-0.3, -0.25) is 15.0 Å². The Morgan fingerprint density at radius 3 is 2.32 bits per heavy atom. The van der Waals surface area contributed by atoms with E-state index in [4.69, 9.17) is 14.6 Å². The maximum absolute atomic E-state index is 12.1. The second-order valence-electron chi connectivity index (χ2n) is 7.97. The number of ether oxygens (including phenoxy) is 2. The second-order valence-corrected chi connectivity index (χ2v) is 7.97. The Kier molecular flexibility index (Phi) is 7.07. The third-order valence-electron chi connectivity index (χ3n) is 5.81. The van der Waals surface area contributed by atoms with Gasteiger partial charge in [0.15, 0.2) is 6.04 Å². The number of amides is 3. The van der Waals surface area contributed by atoms with Gasteiger partial charge in [0.25, 0.3) is 0 Å². The number of carboxylic acids is 1. The van der Waals surface area contributed by atoms with E-state index in [1.54, 1.807) is 0 Å². The topological polar surface area (TPSA) is 134 Å². The lowest BCUT2D eigenvalue weighted by Crippen LogP contribution is -2.46. The number of carboxylic acid groups (broad SMARTS) is 1. The third-order valence-corrected chi connectivity index (χ3v) is 5.81. The Labute approximate surface area is 195 Å². The molecule has 0 spiro atoms. The van der Waals surface area contributed by atoms with E-state index >= 15 is 0 Å². The minimum absolute atomic E-state index is 0.0178. The number of carbonyl (C=O) groups excluding carboxylic acids is 3. The number of nitrogens with one attached hydrogen (secondary N) is 2. The van der Waals surface area contributed by atoms with Crippen molar-refractivity contribution in [3.8, 4) is 11.1 Å². The fourth-order valence-corrected chi connectivity index (χ4v) is 4.22. The molecule has 1 aliphatic carbocycles. The van der Waals surface area contributed by atoms with Crippen LogP contribution in [0.25, 0.3) is 11.1 Å². The van der Waals surface area contributed by atoms with Crippen LogP contribution in [0, 0.1) is 0 Å². The molecule has 1 saturated heterocycles. The predicted molar refractivity (Wildman–Crippen MR) is 120 cm³/mol. The number of rotatable bonds is 9. The van der Waals surface area contributed by atoms with Gasteiger partial charge < -0.3 is 19.9 Å². The molecular formula is C24H25N3O7. The number of hydrogen-bond acceptors (Lipinski definition) is 6. The average molecular weight is 467 g/mol. The first-order valence-corrected chi connectivity index (χ1v) is 11.0. The van der Waals surface area contributed by atoms with Gasteiger partial charge in [-0.05, 0) is 22.3 Å². The molecule has 1 aliphatic heterocycles. The highest BCUT2D eigenvalue weighted by Gasteiger charge is 2.38. The monoisotopic (exact) mass is 467 g/mol. The zero-order valence-corrected chi connectivity index (χ0v) is 18.4. The first kappa shape index (κ1) is 23.2. The van der Waals surface area contributed by atoms with Crippen LogP contribution in [0.5, 0.6) is 0 Å². The van der Waals surface area contributed by atoms with Crippen LogP contribution in [0.1, 0.15) is 29.9 Å². The minimum atomic E-state index is -1.25. The molecule has 2 aromatic rings. The highest BCUT2D eigenvalue weighted by Crippen LogP contribution is 2.44. The number of hydrazine groups is 1.